The van der Waals surface area contributed by atoms with Crippen LogP contribution in [0.4, 0.5) is 5.69 Å². The van der Waals surface area contributed by atoms with Crippen molar-refractivity contribution in [3.05, 3.63) is 64.3 Å². The number of carbonyl (C=O) groups excluding carboxylic acids is 2. The molecule has 0 unspecified atom stereocenters. The summed E-state index contributed by atoms with van der Waals surface area (Å²) in [5.74, 6) is 0.363. The van der Waals surface area contributed by atoms with Crippen molar-refractivity contribution in [1.82, 2.24) is 20.0 Å². The van der Waals surface area contributed by atoms with Gasteiger partial charge in [0.15, 0.2) is 0 Å². The van der Waals surface area contributed by atoms with Crippen molar-refractivity contribution in [2.75, 3.05) is 38.1 Å². The van der Waals surface area contributed by atoms with Gasteiger partial charge in [-0.1, -0.05) is 23.2 Å². The van der Waals surface area contributed by atoms with E-state index >= 15 is 0 Å². The van der Waals surface area contributed by atoms with E-state index in [1.807, 2.05) is 4.90 Å². The summed E-state index contributed by atoms with van der Waals surface area (Å²) in [6.45, 7) is 2.79. The van der Waals surface area contributed by atoms with Gasteiger partial charge in [-0.3, -0.25) is 19.2 Å². The summed E-state index contributed by atoms with van der Waals surface area (Å²) in [5.41, 5.74) is 2.45. The zero-order chi connectivity index (χ0) is 23.4. The molecule has 3 aromatic rings. The molecule has 2 N–H and O–H groups in total. The Morgan fingerprint density at radius 1 is 1.21 bits per heavy atom. The largest absolute Gasteiger partial charge is 0.492 e. The smallest absolute Gasteiger partial charge is 0.255 e. The van der Waals surface area contributed by atoms with Gasteiger partial charge in [0.05, 0.1) is 23.5 Å². The summed E-state index contributed by atoms with van der Waals surface area (Å²) in [4.78, 5) is 26.3. The maximum absolute atomic E-state index is 12.6. The maximum Gasteiger partial charge on any atom is 0.255 e. The van der Waals surface area contributed by atoms with E-state index in [0.29, 0.717) is 64.5 Å². The van der Waals surface area contributed by atoms with Gasteiger partial charge in [0, 0.05) is 48.5 Å². The highest BCUT2D eigenvalue weighted by molar-refractivity contribution is 6.33. The van der Waals surface area contributed by atoms with Crippen LogP contribution in [0, 0.1) is 0 Å². The molecule has 2 aromatic carbocycles. The monoisotopic (exact) mass is 487 g/mol. The van der Waals surface area contributed by atoms with Crippen molar-refractivity contribution >= 4 is 40.7 Å². The highest BCUT2D eigenvalue weighted by Crippen LogP contribution is 2.36. The number of nitrogens with zero attached hydrogens (tertiary/aromatic N) is 3. The molecular weight excluding hydrogens is 465 g/mol. The predicted molar refractivity (Wildman–Crippen MR) is 128 cm³/mol. The quantitative estimate of drug-likeness (QED) is 0.532. The van der Waals surface area contributed by atoms with Gasteiger partial charge in [0.2, 0.25) is 5.91 Å². The topological polar surface area (TPSA) is 88.5 Å². The molecule has 8 nitrogen and oxygen atoms in total. The molecule has 2 heterocycles. The third-order valence-electron chi connectivity index (χ3n) is 5.28. The van der Waals surface area contributed by atoms with Crippen LogP contribution in [0.5, 0.6) is 5.75 Å². The minimum absolute atomic E-state index is 0.0180. The first-order valence-electron chi connectivity index (χ1n) is 10.4. The second-order valence-corrected chi connectivity index (χ2v) is 8.45. The Bertz CT molecular complexity index is 1140. The fourth-order valence-electron chi connectivity index (χ4n) is 3.60. The molecule has 0 atom stereocenters. The number of amides is 2. The number of anilines is 1. The van der Waals surface area contributed by atoms with E-state index in [-0.39, 0.29) is 11.8 Å². The molecule has 0 spiro atoms. The second-order valence-electron chi connectivity index (χ2n) is 7.61. The minimum Gasteiger partial charge on any atom is -0.492 e. The number of carbonyl (C=O) groups is 2. The Morgan fingerprint density at radius 3 is 2.70 bits per heavy atom. The Balaban J connectivity index is 1.54. The number of rotatable bonds is 7. The van der Waals surface area contributed by atoms with Gasteiger partial charge in [0.1, 0.15) is 12.4 Å². The summed E-state index contributed by atoms with van der Waals surface area (Å²) >= 11 is 12.3. The molecule has 172 valence electrons. The van der Waals surface area contributed by atoms with Gasteiger partial charge >= 0.3 is 0 Å². The van der Waals surface area contributed by atoms with E-state index in [1.165, 1.54) is 0 Å². The van der Waals surface area contributed by atoms with Crippen LogP contribution in [-0.2, 0) is 11.8 Å². The Hall–Kier alpha value is -3.07. The third kappa shape index (κ3) is 5.65. The molecule has 4 rings (SSSR count). The molecule has 2 amide bonds. The van der Waals surface area contributed by atoms with Crippen molar-refractivity contribution < 1.29 is 14.3 Å². The highest BCUT2D eigenvalue weighted by Gasteiger charge is 2.19. The van der Waals surface area contributed by atoms with Gasteiger partial charge in [-0.15, -0.1) is 0 Å². The molecule has 1 aliphatic heterocycles. The Labute approximate surface area is 201 Å². The number of benzene rings is 2. The van der Waals surface area contributed by atoms with Crippen LogP contribution in [0.1, 0.15) is 10.4 Å². The second kappa shape index (κ2) is 10.2. The molecule has 0 bridgehead atoms. The molecular formula is C23H23Cl2N5O3. The fourth-order valence-corrected chi connectivity index (χ4v) is 4.00. The summed E-state index contributed by atoms with van der Waals surface area (Å²) in [7, 11) is 1.79. The van der Waals surface area contributed by atoms with Gasteiger partial charge < -0.3 is 15.4 Å². The molecule has 1 saturated heterocycles. The summed E-state index contributed by atoms with van der Waals surface area (Å²) in [6.07, 6.45) is 1.56. The number of aromatic nitrogens is 2. The molecule has 0 aliphatic carbocycles. The molecule has 1 fully saturated rings. The minimum atomic E-state index is -0.259. The van der Waals surface area contributed by atoms with Crippen LogP contribution in [0.3, 0.4) is 0 Å². The summed E-state index contributed by atoms with van der Waals surface area (Å²) < 4.78 is 7.72. The lowest BCUT2D eigenvalue weighted by Gasteiger charge is -2.26. The SMILES string of the molecule is Cn1ncc(Cl)c1-c1cc(NC(=O)c2ccc(Cl)cc2)ccc1OCCN1CCNC(=O)C1. The average Bonchev–Trinajstić information content (AvgIpc) is 3.13. The van der Waals surface area contributed by atoms with Crippen molar-refractivity contribution in [3.63, 3.8) is 0 Å². The Kier molecular flexibility index (Phi) is 7.17. The van der Waals surface area contributed by atoms with Gasteiger partial charge in [-0.25, -0.2) is 0 Å². The van der Waals surface area contributed by atoms with Crippen molar-refractivity contribution in [1.29, 1.82) is 0 Å². The van der Waals surface area contributed by atoms with E-state index in [0.717, 1.165) is 6.54 Å². The number of halogens is 2. The summed E-state index contributed by atoms with van der Waals surface area (Å²) in [5, 5.41) is 11.0. The number of hydrogen-bond acceptors (Lipinski definition) is 5. The molecule has 1 aliphatic rings. The standard InChI is InChI=1S/C23H23Cl2N5O3/c1-29-22(19(25)13-27-29)18-12-17(28-23(32)15-2-4-16(24)5-3-15)6-7-20(18)33-11-10-30-9-8-26-21(31)14-30/h2-7,12-13H,8-11,14H2,1H3,(H,26,31)(H,28,32). The van der Waals surface area contributed by atoms with E-state index in [2.05, 4.69) is 15.7 Å². The molecule has 33 heavy (non-hydrogen) atoms. The van der Waals surface area contributed by atoms with E-state index < -0.39 is 0 Å². The molecule has 10 heteroatoms. The normalized spacial score (nSPS) is 14.1. The lowest BCUT2D eigenvalue weighted by Crippen LogP contribution is -2.48. The fraction of sp³-hybridized carbons (Fsp3) is 0.261. The van der Waals surface area contributed by atoms with E-state index in [9.17, 15) is 9.59 Å². The Morgan fingerprint density at radius 2 is 2.00 bits per heavy atom. The predicted octanol–water partition coefficient (Wildman–Crippen LogP) is 3.46. The van der Waals surface area contributed by atoms with Crippen LogP contribution in [0.25, 0.3) is 11.3 Å². The highest BCUT2D eigenvalue weighted by atomic mass is 35.5. The number of nitrogens with one attached hydrogen (secondary N) is 2. The molecule has 0 saturated carbocycles. The van der Waals surface area contributed by atoms with Crippen molar-refractivity contribution in [3.8, 4) is 17.0 Å². The van der Waals surface area contributed by atoms with Crippen LogP contribution in [-0.4, -0.2) is 59.3 Å². The van der Waals surface area contributed by atoms with Crippen LogP contribution in [0.2, 0.25) is 10.0 Å². The third-order valence-corrected chi connectivity index (χ3v) is 5.80. The van der Waals surface area contributed by atoms with Gasteiger partial charge in [0.25, 0.3) is 5.91 Å². The van der Waals surface area contributed by atoms with Crippen LogP contribution < -0.4 is 15.4 Å². The maximum atomic E-state index is 12.6. The zero-order valence-electron chi connectivity index (χ0n) is 18.0. The van der Waals surface area contributed by atoms with Crippen molar-refractivity contribution in [2.24, 2.45) is 7.05 Å². The van der Waals surface area contributed by atoms with E-state index in [4.69, 9.17) is 27.9 Å². The van der Waals surface area contributed by atoms with Crippen molar-refractivity contribution in [2.45, 2.75) is 0 Å². The number of hydrogen-bond donors (Lipinski definition) is 2. The zero-order valence-corrected chi connectivity index (χ0v) is 19.5. The molecule has 0 radical (unpaired) electrons. The van der Waals surface area contributed by atoms with Gasteiger partial charge in [-0.05, 0) is 42.5 Å². The summed E-state index contributed by atoms with van der Waals surface area (Å²) in [6, 6.07) is 12.0. The van der Waals surface area contributed by atoms with Gasteiger partial charge in [-0.2, -0.15) is 5.10 Å². The van der Waals surface area contributed by atoms with Crippen LogP contribution in [0.15, 0.2) is 48.7 Å². The average molecular weight is 488 g/mol. The first-order chi connectivity index (χ1) is 15.9. The van der Waals surface area contributed by atoms with E-state index in [1.54, 1.807) is 60.4 Å². The number of aryl methyl sites for hydroxylation is 1. The number of piperazine rings is 1. The molecule has 1 aromatic heterocycles. The first kappa shape index (κ1) is 23.1. The lowest BCUT2D eigenvalue weighted by molar-refractivity contribution is -0.124. The lowest BCUT2D eigenvalue weighted by atomic mass is 10.1. The van der Waals surface area contributed by atoms with Crippen LogP contribution >= 0.6 is 23.2 Å². The first-order valence-corrected chi connectivity index (χ1v) is 11.2. The number of ether oxygens (including phenoxy) is 1.